The summed E-state index contributed by atoms with van der Waals surface area (Å²) >= 11 is 3.10. The minimum atomic E-state index is -0.0874. The summed E-state index contributed by atoms with van der Waals surface area (Å²) < 4.78 is 0. The number of amides is 1. The molecule has 0 saturated heterocycles. The van der Waals surface area contributed by atoms with E-state index < -0.39 is 0 Å². The molecule has 104 valence electrons. The lowest BCUT2D eigenvalue weighted by Crippen LogP contribution is -2.10. The maximum Gasteiger partial charge on any atom is 0.258 e. The number of hydrogen-bond donors (Lipinski definition) is 1. The smallest absolute Gasteiger partial charge is 0.258 e. The molecule has 3 nitrogen and oxygen atoms in total. The second-order valence-corrected chi connectivity index (χ2v) is 6.78. The second kappa shape index (κ2) is 5.09. The number of nitrogens with one attached hydrogen (secondary N) is 1. The zero-order valence-corrected chi connectivity index (χ0v) is 12.8. The van der Waals surface area contributed by atoms with Gasteiger partial charge in [0.1, 0.15) is 0 Å². The van der Waals surface area contributed by atoms with E-state index in [1.54, 1.807) is 11.3 Å². The van der Waals surface area contributed by atoms with E-state index in [9.17, 15) is 4.79 Å². The minimum Gasteiger partial charge on any atom is -0.298 e. The van der Waals surface area contributed by atoms with Gasteiger partial charge in [0.05, 0.1) is 11.3 Å². The third-order valence-corrected chi connectivity index (χ3v) is 5.31. The third kappa shape index (κ3) is 2.28. The van der Waals surface area contributed by atoms with Crippen LogP contribution in [0.4, 0.5) is 5.13 Å². The zero-order valence-electron chi connectivity index (χ0n) is 11.1. The molecule has 1 N–H and O–H groups in total. The molecule has 0 bridgehead atoms. The molecule has 1 amide bonds. The Morgan fingerprint density at radius 1 is 1.19 bits per heavy atom. The predicted molar refractivity (Wildman–Crippen MR) is 87.2 cm³/mol. The quantitative estimate of drug-likeness (QED) is 0.769. The number of anilines is 1. The van der Waals surface area contributed by atoms with Crippen LogP contribution in [0.15, 0.2) is 41.1 Å². The van der Waals surface area contributed by atoms with Crippen LogP contribution in [-0.4, -0.2) is 10.9 Å². The van der Waals surface area contributed by atoms with Gasteiger partial charge < -0.3 is 0 Å². The summed E-state index contributed by atoms with van der Waals surface area (Å²) in [5.41, 5.74) is 4.26. The van der Waals surface area contributed by atoms with Crippen molar-refractivity contribution in [3.8, 4) is 11.3 Å². The number of fused-ring (bicyclic) bond motifs is 3. The van der Waals surface area contributed by atoms with Crippen LogP contribution in [0.5, 0.6) is 0 Å². The van der Waals surface area contributed by atoms with E-state index in [0.717, 1.165) is 18.5 Å². The molecule has 0 radical (unpaired) electrons. The van der Waals surface area contributed by atoms with E-state index >= 15 is 0 Å². The lowest BCUT2D eigenvalue weighted by molar-refractivity contribution is 0.102. The first kappa shape index (κ1) is 12.7. The molecule has 21 heavy (non-hydrogen) atoms. The molecule has 0 aliphatic heterocycles. The molecule has 0 fully saturated rings. The Bertz CT molecular complexity index is 806. The highest BCUT2D eigenvalue weighted by Crippen LogP contribution is 2.38. The second-order valence-electron chi connectivity index (χ2n) is 4.91. The van der Waals surface area contributed by atoms with Gasteiger partial charge in [-0.05, 0) is 29.9 Å². The molecule has 0 saturated carbocycles. The number of rotatable bonds is 2. The van der Waals surface area contributed by atoms with E-state index in [1.165, 1.54) is 27.3 Å². The van der Waals surface area contributed by atoms with Crippen LogP contribution in [0, 0.1) is 0 Å². The van der Waals surface area contributed by atoms with Crippen molar-refractivity contribution in [2.24, 2.45) is 0 Å². The summed E-state index contributed by atoms with van der Waals surface area (Å²) in [6.07, 6.45) is 2.04. The van der Waals surface area contributed by atoms with Gasteiger partial charge in [-0.2, -0.15) is 11.3 Å². The Morgan fingerprint density at radius 3 is 2.95 bits per heavy atom. The Hall–Kier alpha value is -1.98. The molecule has 0 unspecified atom stereocenters. The van der Waals surface area contributed by atoms with E-state index in [4.69, 9.17) is 0 Å². The first-order valence-corrected chi connectivity index (χ1v) is 8.49. The van der Waals surface area contributed by atoms with Gasteiger partial charge in [-0.25, -0.2) is 4.98 Å². The molecule has 5 heteroatoms. The summed E-state index contributed by atoms with van der Waals surface area (Å²) in [4.78, 5) is 18.0. The highest BCUT2D eigenvalue weighted by Gasteiger charge is 2.21. The largest absolute Gasteiger partial charge is 0.298 e. The van der Waals surface area contributed by atoms with Crippen molar-refractivity contribution >= 4 is 33.7 Å². The van der Waals surface area contributed by atoms with Crippen LogP contribution in [-0.2, 0) is 12.8 Å². The van der Waals surface area contributed by atoms with Gasteiger partial charge in [0.15, 0.2) is 5.13 Å². The van der Waals surface area contributed by atoms with Crippen molar-refractivity contribution in [1.82, 2.24) is 4.98 Å². The standard InChI is InChI=1S/C16H12N2OS2/c19-15(11-7-8-20-9-11)18-16-17-14-12-4-2-1-3-10(12)5-6-13(14)21-16/h1-4,7-9H,5-6H2,(H,17,18,19). The van der Waals surface area contributed by atoms with Crippen LogP contribution in [0.25, 0.3) is 11.3 Å². The highest BCUT2D eigenvalue weighted by atomic mass is 32.1. The van der Waals surface area contributed by atoms with E-state index in [2.05, 4.69) is 28.5 Å². The molecule has 3 aromatic rings. The minimum absolute atomic E-state index is 0.0874. The molecular weight excluding hydrogens is 300 g/mol. The topological polar surface area (TPSA) is 42.0 Å². The van der Waals surface area contributed by atoms with Crippen molar-refractivity contribution < 1.29 is 4.79 Å². The third-order valence-electron chi connectivity index (χ3n) is 3.60. The monoisotopic (exact) mass is 312 g/mol. The normalized spacial score (nSPS) is 12.6. The zero-order chi connectivity index (χ0) is 14.2. The average Bonchev–Trinajstić information content (AvgIpc) is 3.16. The molecule has 1 aliphatic carbocycles. The van der Waals surface area contributed by atoms with Crippen molar-refractivity contribution in [2.75, 3.05) is 5.32 Å². The number of thiophene rings is 1. The lowest BCUT2D eigenvalue weighted by atomic mass is 9.94. The van der Waals surface area contributed by atoms with Gasteiger partial charge in [-0.1, -0.05) is 24.3 Å². The maximum atomic E-state index is 12.1. The number of carbonyl (C=O) groups is 1. The molecule has 0 spiro atoms. The molecule has 1 aromatic carbocycles. The molecule has 4 rings (SSSR count). The summed E-state index contributed by atoms with van der Waals surface area (Å²) in [6.45, 7) is 0. The van der Waals surface area contributed by atoms with Crippen LogP contribution >= 0.6 is 22.7 Å². The van der Waals surface area contributed by atoms with Crippen molar-refractivity contribution in [3.05, 3.63) is 57.1 Å². The summed E-state index contributed by atoms with van der Waals surface area (Å²) in [6, 6.07) is 10.2. The van der Waals surface area contributed by atoms with Gasteiger partial charge >= 0.3 is 0 Å². The fraction of sp³-hybridized carbons (Fsp3) is 0.125. The number of benzene rings is 1. The number of aromatic nitrogens is 1. The predicted octanol–water partition coefficient (Wildman–Crippen LogP) is 4.22. The number of carbonyl (C=O) groups excluding carboxylic acids is 1. The number of thiazole rings is 1. The Kier molecular flexibility index (Phi) is 3.09. The van der Waals surface area contributed by atoms with Crippen molar-refractivity contribution in [1.29, 1.82) is 0 Å². The SMILES string of the molecule is O=C(Nc1nc2c(s1)CCc1ccccc1-2)c1ccsc1. The number of hydrogen-bond acceptors (Lipinski definition) is 4. The fourth-order valence-corrected chi connectivity index (χ4v) is 4.17. The molecule has 2 aromatic heterocycles. The summed E-state index contributed by atoms with van der Waals surface area (Å²) in [5, 5.41) is 7.34. The highest BCUT2D eigenvalue weighted by molar-refractivity contribution is 7.16. The van der Waals surface area contributed by atoms with E-state index in [1.807, 2.05) is 22.9 Å². The summed E-state index contributed by atoms with van der Waals surface area (Å²) in [7, 11) is 0. The number of aryl methyl sites for hydroxylation is 2. The Morgan fingerprint density at radius 2 is 2.10 bits per heavy atom. The van der Waals surface area contributed by atoms with E-state index in [0.29, 0.717) is 10.7 Å². The molecule has 2 heterocycles. The van der Waals surface area contributed by atoms with Gasteiger partial charge in [0.2, 0.25) is 0 Å². The van der Waals surface area contributed by atoms with E-state index in [-0.39, 0.29) is 5.91 Å². The first-order chi connectivity index (χ1) is 10.3. The van der Waals surface area contributed by atoms with Gasteiger partial charge in [-0.3, -0.25) is 10.1 Å². The van der Waals surface area contributed by atoms with Gasteiger partial charge in [-0.15, -0.1) is 11.3 Å². The van der Waals surface area contributed by atoms with Crippen LogP contribution in [0.1, 0.15) is 20.8 Å². The maximum absolute atomic E-state index is 12.1. The van der Waals surface area contributed by atoms with Crippen molar-refractivity contribution in [3.63, 3.8) is 0 Å². The molecular formula is C16H12N2OS2. The van der Waals surface area contributed by atoms with Crippen LogP contribution in [0.2, 0.25) is 0 Å². The van der Waals surface area contributed by atoms with Crippen molar-refractivity contribution in [2.45, 2.75) is 12.8 Å². The Labute approximate surface area is 130 Å². The van der Waals surface area contributed by atoms with Crippen LogP contribution < -0.4 is 5.32 Å². The fourth-order valence-electron chi connectivity index (χ4n) is 2.57. The molecule has 0 atom stereocenters. The average molecular weight is 312 g/mol. The lowest BCUT2D eigenvalue weighted by Gasteiger charge is -2.13. The van der Waals surface area contributed by atoms with Gasteiger partial charge in [0.25, 0.3) is 5.91 Å². The number of nitrogens with zero attached hydrogens (tertiary/aromatic N) is 1. The van der Waals surface area contributed by atoms with Crippen LogP contribution in [0.3, 0.4) is 0 Å². The Balaban J connectivity index is 1.66. The van der Waals surface area contributed by atoms with Gasteiger partial charge in [0, 0.05) is 15.8 Å². The molecule has 1 aliphatic rings. The first-order valence-electron chi connectivity index (χ1n) is 6.73. The summed E-state index contributed by atoms with van der Waals surface area (Å²) in [5.74, 6) is -0.0874.